The van der Waals surface area contributed by atoms with Gasteiger partial charge in [-0.3, -0.25) is 4.79 Å². The number of rotatable bonds is 2. The number of aliphatic carboxylic acids is 1. The molecule has 5 atom stereocenters. The highest BCUT2D eigenvalue weighted by Gasteiger charge is 2.67. The molecule has 0 heterocycles. The summed E-state index contributed by atoms with van der Waals surface area (Å²) in [6.07, 6.45) is 1.20. The minimum atomic E-state index is -1.65. The van der Waals surface area contributed by atoms with Crippen LogP contribution in [0.5, 0.6) is 0 Å². The predicted octanol–water partition coefficient (Wildman–Crippen LogP) is 0.328. The van der Waals surface area contributed by atoms with Crippen molar-refractivity contribution in [2.75, 3.05) is 7.11 Å². The number of aliphatic hydroxyl groups is 2. The van der Waals surface area contributed by atoms with E-state index < -0.39 is 40.9 Å². The fourth-order valence-corrected chi connectivity index (χ4v) is 3.82. The maximum atomic E-state index is 11.9. The Bertz CT molecular complexity index is 484. The standard InChI is InChI=1S/C14H20O6/c1-7-10(15)4-5-13(2)8(11(16)17)6-9(12(18)20-3)14(7,13)19/h6-7,9-10,15,19H,4-5H2,1-3H3,(H,16,17)/t7-,9+,10+,13+,14+/m1/s1. The van der Waals surface area contributed by atoms with Crippen LogP contribution in [0.25, 0.3) is 0 Å². The van der Waals surface area contributed by atoms with Gasteiger partial charge in [-0.25, -0.2) is 4.79 Å². The zero-order valence-electron chi connectivity index (χ0n) is 11.8. The van der Waals surface area contributed by atoms with Gasteiger partial charge in [0.25, 0.3) is 0 Å². The van der Waals surface area contributed by atoms with Gasteiger partial charge in [-0.15, -0.1) is 0 Å². The summed E-state index contributed by atoms with van der Waals surface area (Å²) in [4.78, 5) is 23.4. The van der Waals surface area contributed by atoms with Crippen molar-refractivity contribution in [1.29, 1.82) is 0 Å². The number of esters is 1. The highest BCUT2D eigenvalue weighted by Crippen LogP contribution is 2.59. The first-order chi connectivity index (χ1) is 9.20. The Morgan fingerprint density at radius 1 is 1.45 bits per heavy atom. The Balaban J connectivity index is 2.59. The number of hydrogen-bond donors (Lipinski definition) is 3. The molecule has 6 nitrogen and oxygen atoms in total. The van der Waals surface area contributed by atoms with Crippen LogP contribution in [-0.4, -0.2) is 46.1 Å². The van der Waals surface area contributed by atoms with E-state index in [1.165, 1.54) is 13.2 Å². The van der Waals surface area contributed by atoms with Crippen molar-refractivity contribution in [1.82, 2.24) is 0 Å². The molecule has 0 saturated heterocycles. The first-order valence-corrected chi connectivity index (χ1v) is 6.64. The SMILES string of the molecule is COC(=O)[C@@H]1C=C(C(=O)O)[C@]2(C)CC[C@H](O)[C@@H](C)[C@]12O. The Morgan fingerprint density at radius 2 is 2.05 bits per heavy atom. The number of hydrogen-bond acceptors (Lipinski definition) is 5. The second-order valence-electron chi connectivity index (χ2n) is 5.94. The maximum absolute atomic E-state index is 11.9. The summed E-state index contributed by atoms with van der Waals surface area (Å²) in [6, 6.07) is 0. The summed E-state index contributed by atoms with van der Waals surface area (Å²) >= 11 is 0. The Labute approximate surface area is 117 Å². The van der Waals surface area contributed by atoms with Crippen molar-refractivity contribution in [2.24, 2.45) is 17.3 Å². The van der Waals surface area contributed by atoms with Crippen LogP contribution in [0.2, 0.25) is 0 Å². The minimum absolute atomic E-state index is 0.0224. The molecule has 112 valence electrons. The molecule has 1 saturated carbocycles. The van der Waals surface area contributed by atoms with Crippen LogP contribution in [0, 0.1) is 17.3 Å². The lowest BCUT2D eigenvalue weighted by Crippen LogP contribution is -2.61. The molecule has 0 amide bonds. The van der Waals surface area contributed by atoms with Crippen molar-refractivity contribution in [3.8, 4) is 0 Å². The molecule has 0 radical (unpaired) electrons. The number of fused-ring (bicyclic) bond motifs is 1. The topological polar surface area (TPSA) is 104 Å². The van der Waals surface area contributed by atoms with Gasteiger partial charge in [0, 0.05) is 16.9 Å². The van der Waals surface area contributed by atoms with E-state index in [0.717, 1.165) is 0 Å². The smallest absolute Gasteiger partial charge is 0.331 e. The van der Waals surface area contributed by atoms with Gasteiger partial charge in [0.1, 0.15) is 5.92 Å². The van der Waals surface area contributed by atoms with Crippen LogP contribution in [0.15, 0.2) is 11.6 Å². The third-order valence-electron chi connectivity index (χ3n) is 5.18. The molecule has 0 aromatic carbocycles. The fourth-order valence-electron chi connectivity index (χ4n) is 3.82. The molecule has 2 aliphatic carbocycles. The normalized spacial score (nSPS) is 43.6. The molecule has 0 spiro atoms. The lowest BCUT2D eigenvalue weighted by Gasteiger charge is -2.52. The van der Waals surface area contributed by atoms with Gasteiger partial charge >= 0.3 is 11.9 Å². The largest absolute Gasteiger partial charge is 0.478 e. The lowest BCUT2D eigenvalue weighted by atomic mass is 9.56. The van der Waals surface area contributed by atoms with Gasteiger partial charge in [-0.05, 0) is 12.8 Å². The van der Waals surface area contributed by atoms with Gasteiger partial charge in [-0.2, -0.15) is 0 Å². The van der Waals surface area contributed by atoms with E-state index in [1.807, 2.05) is 0 Å². The van der Waals surface area contributed by atoms with Gasteiger partial charge in [-0.1, -0.05) is 19.9 Å². The van der Waals surface area contributed by atoms with Gasteiger partial charge in [0.2, 0.25) is 0 Å². The first kappa shape index (κ1) is 15.0. The Hall–Kier alpha value is -1.40. The fraction of sp³-hybridized carbons (Fsp3) is 0.714. The molecule has 1 fully saturated rings. The summed E-state index contributed by atoms with van der Waals surface area (Å²) in [6.45, 7) is 3.27. The van der Waals surface area contributed by atoms with Crippen LogP contribution in [0.1, 0.15) is 26.7 Å². The number of aliphatic hydroxyl groups excluding tert-OH is 1. The number of carboxylic acids is 1. The zero-order chi connectivity index (χ0) is 15.3. The van der Waals surface area contributed by atoms with E-state index in [-0.39, 0.29) is 5.57 Å². The predicted molar refractivity (Wildman–Crippen MR) is 68.7 cm³/mol. The molecule has 0 unspecified atom stereocenters. The van der Waals surface area contributed by atoms with E-state index in [1.54, 1.807) is 13.8 Å². The molecule has 0 aliphatic heterocycles. The third kappa shape index (κ3) is 1.64. The highest BCUT2D eigenvalue weighted by atomic mass is 16.5. The summed E-state index contributed by atoms with van der Waals surface area (Å²) in [5.74, 6) is -3.54. The monoisotopic (exact) mass is 284 g/mol. The summed E-state index contributed by atoms with van der Waals surface area (Å²) in [5, 5.41) is 30.5. The molecular formula is C14H20O6. The van der Waals surface area contributed by atoms with Crippen molar-refractivity contribution in [3.05, 3.63) is 11.6 Å². The molecule has 0 aromatic rings. The molecule has 0 bridgehead atoms. The quantitative estimate of drug-likeness (QED) is 0.631. The first-order valence-electron chi connectivity index (χ1n) is 6.64. The van der Waals surface area contributed by atoms with E-state index in [9.17, 15) is 24.9 Å². The lowest BCUT2D eigenvalue weighted by molar-refractivity contribution is -0.192. The summed E-state index contributed by atoms with van der Waals surface area (Å²) in [7, 11) is 1.19. The molecule has 6 heteroatoms. The second kappa shape index (κ2) is 4.56. The van der Waals surface area contributed by atoms with Crippen molar-refractivity contribution >= 4 is 11.9 Å². The van der Waals surface area contributed by atoms with Gasteiger partial charge < -0.3 is 20.1 Å². The number of methoxy groups -OCH3 is 1. The molecule has 2 aliphatic rings. The number of carbonyl (C=O) groups is 2. The molecule has 20 heavy (non-hydrogen) atoms. The van der Waals surface area contributed by atoms with E-state index in [4.69, 9.17) is 0 Å². The number of carboxylic acid groups (broad SMARTS) is 1. The van der Waals surface area contributed by atoms with Gasteiger partial charge in [0.05, 0.1) is 18.8 Å². The number of ether oxygens (including phenoxy) is 1. The van der Waals surface area contributed by atoms with Crippen molar-refractivity contribution in [2.45, 2.75) is 38.4 Å². The average Bonchev–Trinajstić information content (AvgIpc) is 2.65. The summed E-state index contributed by atoms with van der Waals surface area (Å²) in [5.41, 5.74) is -2.70. The van der Waals surface area contributed by atoms with Crippen LogP contribution in [-0.2, 0) is 14.3 Å². The molecule has 2 rings (SSSR count). The Morgan fingerprint density at radius 3 is 2.55 bits per heavy atom. The summed E-state index contributed by atoms with van der Waals surface area (Å²) < 4.78 is 4.69. The molecule has 0 aromatic heterocycles. The number of carbonyl (C=O) groups excluding carboxylic acids is 1. The van der Waals surface area contributed by atoms with Crippen molar-refractivity contribution < 1.29 is 29.6 Å². The van der Waals surface area contributed by atoms with E-state index in [0.29, 0.717) is 12.8 Å². The Kier molecular flexibility index (Phi) is 3.42. The third-order valence-corrected chi connectivity index (χ3v) is 5.18. The van der Waals surface area contributed by atoms with Crippen LogP contribution in [0.4, 0.5) is 0 Å². The van der Waals surface area contributed by atoms with E-state index in [2.05, 4.69) is 4.74 Å². The molecular weight excluding hydrogens is 264 g/mol. The van der Waals surface area contributed by atoms with Gasteiger partial charge in [0.15, 0.2) is 0 Å². The minimum Gasteiger partial charge on any atom is -0.478 e. The highest BCUT2D eigenvalue weighted by molar-refractivity contribution is 5.92. The van der Waals surface area contributed by atoms with Crippen molar-refractivity contribution in [3.63, 3.8) is 0 Å². The zero-order valence-corrected chi connectivity index (χ0v) is 11.8. The van der Waals surface area contributed by atoms with Crippen LogP contribution >= 0.6 is 0 Å². The average molecular weight is 284 g/mol. The second-order valence-corrected chi connectivity index (χ2v) is 5.94. The molecule has 3 N–H and O–H groups in total. The maximum Gasteiger partial charge on any atom is 0.331 e. The van der Waals surface area contributed by atoms with E-state index >= 15 is 0 Å². The van der Waals surface area contributed by atoms with Crippen LogP contribution < -0.4 is 0 Å². The van der Waals surface area contributed by atoms with Crippen LogP contribution in [0.3, 0.4) is 0 Å².